The molecule has 0 bridgehead atoms. The van der Waals surface area contributed by atoms with E-state index in [9.17, 15) is 8.42 Å². The Labute approximate surface area is 121 Å². The van der Waals surface area contributed by atoms with E-state index in [2.05, 4.69) is 14.8 Å². The Hall–Kier alpha value is -1.61. The van der Waals surface area contributed by atoms with Gasteiger partial charge in [0.15, 0.2) is 15.7 Å². The second kappa shape index (κ2) is 5.06. The summed E-state index contributed by atoms with van der Waals surface area (Å²) in [6.45, 7) is 4.37. The molecule has 0 aliphatic heterocycles. The molecule has 0 fully saturated rings. The molecule has 2 aromatic rings. The van der Waals surface area contributed by atoms with E-state index in [1.165, 1.54) is 0 Å². The zero-order chi connectivity index (χ0) is 15.1. The van der Waals surface area contributed by atoms with Gasteiger partial charge in [-0.3, -0.25) is 4.68 Å². The number of nitrogens with zero attached hydrogens (tertiary/aromatic N) is 3. The largest absolute Gasteiger partial charge is 0.382 e. The number of hydrogen-bond acceptors (Lipinski definition) is 7. The Bertz CT molecular complexity index is 745. The Morgan fingerprint density at radius 2 is 2.05 bits per heavy atom. The van der Waals surface area contributed by atoms with Crippen LogP contribution in [-0.4, -0.2) is 28.8 Å². The van der Waals surface area contributed by atoms with Crippen molar-refractivity contribution in [2.75, 3.05) is 17.3 Å². The molecule has 7 nitrogen and oxygen atoms in total. The van der Waals surface area contributed by atoms with Crippen molar-refractivity contribution in [3.05, 3.63) is 17.0 Å². The van der Waals surface area contributed by atoms with Crippen LogP contribution in [0.15, 0.2) is 4.90 Å². The number of aromatic nitrogens is 3. The first-order chi connectivity index (χ1) is 9.21. The molecule has 0 aliphatic rings. The third kappa shape index (κ3) is 2.63. The number of nitrogen functional groups attached to an aromatic ring is 1. The Balaban J connectivity index is 2.29. The topological polar surface area (TPSA) is 103 Å². The van der Waals surface area contributed by atoms with Gasteiger partial charge in [-0.05, 0) is 25.4 Å². The van der Waals surface area contributed by atoms with Gasteiger partial charge in [0.1, 0.15) is 9.90 Å². The molecule has 0 atom stereocenters. The van der Waals surface area contributed by atoms with Crippen LogP contribution in [0.3, 0.4) is 0 Å². The first-order valence-corrected chi connectivity index (χ1v) is 8.56. The van der Waals surface area contributed by atoms with Crippen LogP contribution in [0.4, 0.5) is 10.8 Å². The van der Waals surface area contributed by atoms with E-state index in [0.717, 1.165) is 34.7 Å². The fraction of sp³-hybridized carbons (Fsp3) is 0.455. The summed E-state index contributed by atoms with van der Waals surface area (Å²) in [4.78, 5) is 0.0710. The third-order valence-corrected chi connectivity index (χ3v) is 5.23. The van der Waals surface area contributed by atoms with Crippen LogP contribution in [0.25, 0.3) is 0 Å². The van der Waals surface area contributed by atoms with Crippen LogP contribution in [0.5, 0.6) is 0 Å². The summed E-state index contributed by atoms with van der Waals surface area (Å²) in [5, 5.41) is 7.88. The summed E-state index contributed by atoms with van der Waals surface area (Å²) in [7, 11) is -1.53. The molecule has 2 heterocycles. The van der Waals surface area contributed by atoms with Crippen LogP contribution in [0, 0.1) is 13.8 Å². The van der Waals surface area contributed by atoms with Crippen LogP contribution >= 0.6 is 11.5 Å². The zero-order valence-corrected chi connectivity index (χ0v) is 13.4. The van der Waals surface area contributed by atoms with Crippen molar-refractivity contribution >= 4 is 32.2 Å². The van der Waals surface area contributed by atoms with E-state index in [0.29, 0.717) is 11.5 Å². The highest BCUT2D eigenvalue weighted by Gasteiger charge is 2.21. The van der Waals surface area contributed by atoms with Gasteiger partial charge in [-0.15, -0.1) is 0 Å². The van der Waals surface area contributed by atoms with Crippen molar-refractivity contribution < 1.29 is 8.42 Å². The van der Waals surface area contributed by atoms with Gasteiger partial charge in [0.2, 0.25) is 0 Å². The molecule has 0 unspecified atom stereocenters. The lowest BCUT2D eigenvalue weighted by Crippen LogP contribution is -2.06. The van der Waals surface area contributed by atoms with Crippen molar-refractivity contribution in [2.45, 2.75) is 25.3 Å². The summed E-state index contributed by atoms with van der Waals surface area (Å²) >= 11 is 1.05. The van der Waals surface area contributed by atoms with Crippen molar-refractivity contribution in [3.63, 3.8) is 0 Å². The number of aryl methyl sites for hydroxylation is 2. The summed E-state index contributed by atoms with van der Waals surface area (Å²) in [5.74, 6) is 0.0413. The molecule has 0 spiro atoms. The smallest absolute Gasteiger partial charge is 0.182 e. The summed E-state index contributed by atoms with van der Waals surface area (Å²) in [5.41, 5.74) is 8.61. The Morgan fingerprint density at radius 1 is 1.40 bits per heavy atom. The molecule has 20 heavy (non-hydrogen) atoms. The molecule has 3 N–H and O–H groups in total. The lowest BCUT2D eigenvalue weighted by atomic mass is 10.2. The molecule has 0 saturated carbocycles. The summed E-state index contributed by atoms with van der Waals surface area (Å²) in [6.07, 6.45) is 1.12. The fourth-order valence-electron chi connectivity index (χ4n) is 2.01. The van der Waals surface area contributed by atoms with Gasteiger partial charge in [-0.2, -0.15) is 9.47 Å². The number of nitrogens with two attached hydrogens (primary N) is 1. The zero-order valence-electron chi connectivity index (χ0n) is 11.8. The molecule has 0 amide bonds. The molecule has 0 aromatic carbocycles. The maximum atomic E-state index is 11.7. The van der Waals surface area contributed by atoms with Crippen LogP contribution in [0.1, 0.15) is 17.0 Å². The monoisotopic (exact) mass is 315 g/mol. The van der Waals surface area contributed by atoms with Crippen LogP contribution < -0.4 is 11.1 Å². The SMILES string of the molecule is Cc1nn(C)c(C)c1CNc1snc(N)c1S(C)(=O)=O. The normalized spacial score (nSPS) is 11.8. The van der Waals surface area contributed by atoms with Crippen LogP contribution in [-0.2, 0) is 23.4 Å². The summed E-state index contributed by atoms with van der Waals surface area (Å²) < 4.78 is 29.1. The van der Waals surface area contributed by atoms with E-state index in [4.69, 9.17) is 5.73 Å². The highest BCUT2D eigenvalue weighted by atomic mass is 32.2. The number of hydrogen-bond donors (Lipinski definition) is 2. The van der Waals surface area contributed by atoms with E-state index in [1.54, 1.807) is 4.68 Å². The van der Waals surface area contributed by atoms with Crippen molar-refractivity contribution in [2.24, 2.45) is 7.05 Å². The molecule has 2 aromatic heterocycles. The van der Waals surface area contributed by atoms with E-state index < -0.39 is 9.84 Å². The predicted octanol–water partition coefficient (Wildman–Crippen LogP) is 1.09. The highest BCUT2D eigenvalue weighted by molar-refractivity contribution is 7.91. The number of rotatable bonds is 4. The van der Waals surface area contributed by atoms with Gasteiger partial charge in [-0.1, -0.05) is 0 Å². The Kier molecular flexibility index (Phi) is 3.74. The van der Waals surface area contributed by atoms with Gasteiger partial charge in [0, 0.05) is 31.1 Å². The molecular weight excluding hydrogens is 298 g/mol. The minimum Gasteiger partial charge on any atom is -0.382 e. The van der Waals surface area contributed by atoms with Gasteiger partial charge in [-0.25, -0.2) is 8.42 Å². The van der Waals surface area contributed by atoms with Crippen molar-refractivity contribution in [1.29, 1.82) is 0 Å². The maximum absolute atomic E-state index is 11.7. The fourth-order valence-corrected chi connectivity index (χ4v) is 4.07. The third-order valence-electron chi connectivity index (χ3n) is 3.13. The number of anilines is 2. The minimum atomic E-state index is -3.40. The highest BCUT2D eigenvalue weighted by Crippen LogP contribution is 2.31. The van der Waals surface area contributed by atoms with Gasteiger partial charge >= 0.3 is 0 Å². The lowest BCUT2D eigenvalue weighted by molar-refractivity contribution is 0.602. The average Bonchev–Trinajstić information content (AvgIpc) is 2.79. The maximum Gasteiger partial charge on any atom is 0.182 e. The molecule has 0 saturated heterocycles. The molecular formula is C11H17N5O2S2. The molecule has 2 rings (SSSR count). The number of sulfone groups is 1. The average molecular weight is 315 g/mol. The van der Waals surface area contributed by atoms with Gasteiger partial charge in [0.25, 0.3) is 0 Å². The predicted molar refractivity (Wildman–Crippen MR) is 79.6 cm³/mol. The number of nitrogens with one attached hydrogen (secondary N) is 1. The standard InChI is InChI=1S/C11H17N5O2S2/c1-6-8(7(2)16(3)14-6)5-13-11-9(20(4,17)18)10(12)15-19-11/h13H,5H2,1-4H3,(H2,12,15). The van der Waals surface area contributed by atoms with Crippen LogP contribution in [0.2, 0.25) is 0 Å². The van der Waals surface area contributed by atoms with E-state index in [-0.39, 0.29) is 10.7 Å². The first-order valence-electron chi connectivity index (χ1n) is 5.90. The molecule has 9 heteroatoms. The minimum absolute atomic E-state index is 0.0413. The summed E-state index contributed by atoms with van der Waals surface area (Å²) in [6, 6.07) is 0. The molecule has 0 radical (unpaired) electrons. The van der Waals surface area contributed by atoms with Gasteiger partial charge < -0.3 is 11.1 Å². The Morgan fingerprint density at radius 3 is 2.55 bits per heavy atom. The molecule has 110 valence electrons. The lowest BCUT2D eigenvalue weighted by Gasteiger charge is -2.06. The van der Waals surface area contributed by atoms with Crippen molar-refractivity contribution in [3.8, 4) is 0 Å². The second-order valence-electron chi connectivity index (χ2n) is 4.62. The molecule has 0 aliphatic carbocycles. The van der Waals surface area contributed by atoms with E-state index >= 15 is 0 Å². The van der Waals surface area contributed by atoms with Gasteiger partial charge in [0.05, 0.1) is 5.69 Å². The first kappa shape index (κ1) is 14.8. The van der Waals surface area contributed by atoms with E-state index in [1.807, 2.05) is 20.9 Å². The second-order valence-corrected chi connectivity index (χ2v) is 7.35. The quantitative estimate of drug-likeness (QED) is 0.875. The van der Waals surface area contributed by atoms with Crippen molar-refractivity contribution in [1.82, 2.24) is 14.2 Å².